The van der Waals surface area contributed by atoms with Gasteiger partial charge in [-0.2, -0.15) is 0 Å². The third-order valence-corrected chi connectivity index (χ3v) is 6.54. The maximum absolute atomic E-state index is 12.5. The molecule has 2 aliphatic rings. The standard InChI is InChI=1S/C23H33N5O3/c1-16-21(30-2)11-10-17(22(16)31-3)13-27-12-6-9-19(14-27)28-15-20(25-26-28)23(29)24-18-7-4-5-8-18/h10-11,15,18-19H,4-9,12-14H2,1-3H3,(H,24,29)/t19-/m1/s1. The number of piperidine rings is 1. The van der Waals surface area contributed by atoms with Crippen molar-refractivity contribution in [3.63, 3.8) is 0 Å². The highest BCUT2D eigenvalue weighted by Crippen LogP contribution is 2.33. The van der Waals surface area contributed by atoms with Crippen LogP contribution in [0.2, 0.25) is 0 Å². The molecule has 31 heavy (non-hydrogen) atoms. The molecule has 2 aromatic rings. The number of carbonyl (C=O) groups is 1. The van der Waals surface area contributed by atoms with Crippen LogP contribution >= 0.6 is 0 Å². The summed E-state index contributed by atoms with van der Waals surface area (Å²) in [7, 11) is 3.38. The monoisotopic (exact) mass is 427 g/mol. The summed E-state index contributed by atoms with van der Waals surface area (Å²) in [5.41, 5.74) is 2.58. The molecular formula is C23H33N5O3. The minimum atomic E-state index is -0.107. The van der Waals surface area contributed by atoms with E-state index in [1.165, 1.54) is 12.8 Å². The number of rotatable bonds is 7. The van der Waals surface area contributed by atoms with Crippen molar-refractivity contribution in [2.75, 3.05) is 27.3 Å². The van der Waals surface area contributed by atoms with Gasteiger partial charge in [0.1, 0.15) is 11.5 Å². The Balaban J connectivity index is 1.41. The molecule has 1 saturated heterocycles. The molecule has 1 amide bonds. The molecule has 1 aliphatic carbocycles. The average molecular weight is 428 g/mol. The minimum Gasteiger partial charge on any atom is -0.496 e. The average Bonchev–Trinajstić information content (AvgIpc) is 3.47. The van der Waals surface area contributed by atoms with Crippen LogP contribution in [0.3, 0.4) is 0 Å². The van der Waals surface area contributed by atoms with E-state index in [1.807, 2.05) is 17.7 Å². The first-order valence-electron chi connectivity index (χ1n) is 11.2. The molecular weight excluding hydrogens is 394 g/mol. The molecule has 8 nitrogen and oxygen atoms in total. The number of hydrogen-bond acceptors (Lipinski definition) is 6. The minimum absolute atomic E-state index is 0.107. The van der Waals surface area contributed by atoms with Crippen LogP contribution in [-0.2, 0) is 6.54 Å². The Kier molecular flexibility index (Phi) is 6.75. The van der Waals surface area contributed by atoms with Crippen LogP contribution in [0.15, 0.2) is 18.3 Å². The number of ether oxygens (including phenoxy) is 2. The molecule has 1 saturated carbocycles. The molecule has 1 aliphatic heterocycles. The first kappa shape index (κ1) is 21.6. The Labute approximate surface area is 183 Å². The third kappa shape index (κ3) is 4.84. The maximum Gasteiger partial charge on any atom is 0.273 e. The Bertz CT molecular complexity index is 907. The Morgan fingerprint density at radius 3 is 2.71 bits per heavy atom. The van der Waals surface area contributed by atoms with Crippen LogP contribution in [0.1, 0.15) is 66.2 Å². The molecule has 4 rings (SSSR count). The van der Waals surface area contributed by atoms with E-state index in [-0.39, 0.29) is 18.0 Å². The van der Waals surface area contributed by atoms with E-state index in [1.54, 1.807) is 20.4 Å². The number of aromatic nitrogens is 3. The van der Waals surface area contributed by atoms with Crippen molar-refractivity contribution in [1.82, 2.24) is 25.2 Å². The lowest BCUT2D eigenvalue weighted by atomic mass is 10.0. The smallest absolute Gasteiger partial charge is 0.273 e. The lowest BCUT2D eigenvalue weighted by Gasteiger charge is -2.33. The molecule has 0 radical (unpaired) electrons. The SMILES string of the molecule is COc1ccc(CN2CCC[C@@H](n3cc(C(=O)NC4CCCC4)nn3)C2)c(OC)c1C. The van der Waals surface area contributed by atoms with E-state index in [2.05, 4.69) is 26.6 Å². The Hall–Kier alpha value is -2.61. The fourth-order valence-electron chi connectivity index (χ4n) is 4.88. The molecule has 1 N–H and O–H groups in total. The molecule has 2 heterocycles. The van der Waals surface area contributed by atoms with Crippen molar-refractivity contribution in [3.05, 3.63) is 35.2 Å². The number of nitrogens with one attached hydrogen (secondary N) is 1. The topological polar surface area (TPSA) is 81.5 Å². The zero-order valence-corrected chi connectivity index (χ0v) is 18.8. The molecule has 1 aromatic heterocycles. The normalized spacial score (nSPS) is 20.0. The summed E-state index contributed by atoms with van der Waals surface area (Å²) < 4.78 is 13.0. The highest BCUT2D eigenvalue weighted by atomic mass is 16.5. The first-order chi connectivity index (χ1) is 15.1. The largest absolute Gasteiger partial charge is 0.496 e. The number of benzene rings is 1. The van der Waals surface area contributed by atoms with Gasteiger partial charge in [-0.3, -0.25) is 9.69 Å². The molecule has 168 valence electrons. The van der Waals surface area contributed by atoms with E-state index in [0.29, 0.717) is 5.69 Å². The quantitative estimate of drug-likeness (QED) is 0.731. The van der Waals surface area contributed by atoms with Gasteiger partial charge in [-0.15, -0.1) is 5.10 Å². The van der Waals surface area contributed by atoms with Crippen molar-refractivity contribution in [2.24, 2.45) is 0 Å². The van der Waals surface area contributed by atoms with Crippen molar-refractivity contribution >= 4 is 5.91 Å². The van der Waals surface area contributed by atoms with Gasteiger partial charge in [0.05, 0.1) is 26.5 Å². The van der Waals surface area contributed by atoms with Gasteiger partial charge < -0.3 is 14.8 Å². The van der Waals surface area contributed by atoms with Crippen molar-refractivity contribution in [3.8, 4) is 11.5 Å². The van der Waals surface area contributed by atoms with E-state index < -0.39 is 0 Å². The fourth-order valence-corrected chi connectivity index (χ4v) is 4.88. The number of carbonyl (C=O) groups excluding carboxylic acids is 1. The van der Waals surface area contributed by atoms with E-state index in [9.17, 15) is 4.79 Å². The summed E-state index contributed by atoms with van der Waals surface area (Å²) in [6.45, 7) is 4.71. The predicted octanol–water partition coefficient (Wildman–Crippen LogP) is 3.11. The van der Waals surface area contributed by atoms with Crippen LogP contribution in [0, 0.1) is 6.92 Å². The summed E-state index contributed by atoms with van der Waals surface area (Å²) in [5, 5.41) is 11.5. The number of hydrogen-bond donors (Lipinski definition) is 1. The number of methoxy groups -OCH3 is 2. The summed E-state index contributed by atoms with van der Waals surface area (Å²) in [5.74, 6) is 1.61. The second kappa shape index (κ2) is 9.68. The van der Waals surface area contributed by atoms with E-state index >= 15 is 0 Å². The van der Waals surface area contributed by atoms with Crippen molar-refractivity contribution in [1.29, 1.82) is 0 Å². The summed E-state index contributed by atoms with van der Waals surface area (Å²) in [4.78, 5) is 14.9. The molecule has 0 unspecified atom stereocenters. The Morgan fingerprint density at radius 1 is 1.16 bits per heavy atom. The lowest BCUT2D eigenvalue weighted by molar-refractivity contribution is 0.0932. The van der Waals surface area contributed by atoms with E-state index in [4.69, 9.17) is 9.47 Å². The number of likely N-dealkylation sites (tertiary alicyclic amines) is 1. The number of nitrogens with zero attached hydrogens (tertiary/aromatic N) is 4. The van der Waals surface area contributed by atoms with Crippen LogP contribution in [0.5, 0.6) is 11.5 Å². The zero-order chi connectivity index (χ0) is 21.8. The highest BCUT2D eigenvalue weighted by Gasteiger charge is 2.25. The second-order valence-corrected chi connectivity index (χ2v) is 8.65. The van der Waals surface area contributed by atoms with Crippen LogP contribution in [-0.4, -0.2) is 59.2 Å². The van der Waals surface area contributed by atoms with Gasteiger partial charge in [0.25, 0.3) is 5.91 Å². The van der Waals surface area contributed by atoms with Crippen LogP contribution in [0.4, 0.5) is 0 Å². The van der Waals surface area contributed by atoms with Crippen molar-refractivity contribution in [2.45, 2.75) is 64.1 Å². The molecule has 1 atom stereocenters. The lowest BCUT2D eigenvalue weighted by Crippen LogP contribution is -2.36. The second-order valence-electron chi connectivity index (χ2n) is 8.65. The fraction of sp³-hybridized carbons (Fsp3) is 0.609. The molecule has 0 bridgehead atoms. The molecule has 2 fully saturated rings. The van der Waals surface area contributed by atoms with Gasteiger partial charge >= 0.3 is 0 Å². The molecule has 8 heteroatoms. The first-order valence-corrected chi connectivity index (χ1v) is 11.2. The summed E-state index contributed by atoms with van der Waals surface area (Å²) >= 11 is 0. The highest BCUT2D eigenvalue weighted by molar-refractivity contribution is 5.92. The predicted molar refractivity (Wildman–Crippen MR) is 118 cm³/mol. The van der Waals surface area contributed by atoms with Crippen LogP contribution < -0.4 is 14.8 Å². The zero-order valence-electron chi connectivity index (χ0n) is 18.8. The van der Waals surface area contributed by atoms with Gasteiger partial charge in [-0.05, 0) is 45.2 Å². The third-order valence-electron chi connectivity index (χ3n) is 6.54. The van der Waals surface area contributed by atoms with Crippen LogP contribution in [0.25, 0.3) is 0 Å². The summed E-state index contributed by atoms with van der Waals surface area (Å²) in [6, 6.07) is 4.57. The summed E-state index contributed by atoms with van der Waals surface area (Å²) in [6.07, 6.45) is 8.41. The maximum atomic E-state index is 12.5. The van der Waals surface area contributed by atoms with Crippen molar-refractivity contribution < 1.29 is 14.3 Å². The van der Waals surface area contributed by atoms with Gasteiger partial charge in [0, 0.05) is 30.3 Å². The van der Waals surface area contributed by atoms with Gasteiger partial charge in [-0.25, -0.2) is 4.68 Å². The molecule has 1 aromatic carbocycles. The molecule has 0 spiro atoms. The van der Waals surface area contributed by atoms with E-state index in [0.717, 1.165) is 67.9 Å². The number of amides is 1. The van der Waals surface area contributed by atoms with Gasteiger partial charge in [0.2, 0.25) is 0 Å². The Morgan fingerprint density at radius 2 is 1.97 bits per heavy atom. The van der Waals surface area contributed by atoms with Gasteiger partial charge in [-0.1, -0.05) is 24.1 Å². The van der Waals surface area contributed by atoms with Gasteiger partial charge in [0.15, 0.2) is 5.69 Å².